The van der Waals surface area contributed by atoms with Gasteiger partial charge in [-0.25, -0.2) is 9.97 Å². The molecule has 178 valence electrons. The van der Waals surface area contributed by atoms with Crippen LogP contribution in [0, 0.1) is 12.8 Å². The Balaban J connectivity index is 1.64. The third kappa shape index (κ3) is 3.55. The molecule has 1 fully saturated rings. The number of fused-ring (bicyclic) bond motifs is 4. The summed E-state index contributed by atoms with van der Waals surface area (Å²) >= 11 is 6.07. The van der Waals surface area contributed by atoms with Crippen LogP contribution in [0.15, 0.2) is 24.5 Å². The molecule has 0 saturated carbocycles. The van der Waals surface area contributed by atoms with Crippen LogP contribution in [0.5, 0.6) is 0 Å². The molecule has 11 heteroatoms. The van der Waals surface area contributed by atoms with Crippen LogP contribution in [-0.2, 0) is 19.6 Å². The molecule has 5 heterocycles. The number of amides is 1. The second-order valence-electron chi connectivity index (χ2n) is 8.91. The highest BCUT2D eigenvalue weighted by atomic mass is 35.5. The lowest BCUT2D eigenvalue weighted by Crippen LogP contribution is -2.53. The van der Waals surface area contributed by atoms with Gasteiger partial charge in [0.2, 0.25) is 0 Å². The van der Waals surface area contributed by atoms with Crippen molar-refractivity contribution in [1.82, 2.24) is 29.6 Å². The minimum absolute atomic E-state index is 0.0515. The first-order chi connectivity index (χ1) is 16.1. The molecular formula is C23H22ClF3N6O. The number of aromatic nitrogens is 5. The molecule has 2 aliphatic rings. The van der Waals surface area contributed by atoms with Crippen LogP contribution in [0.2, 0.25) is 5.02 Å². The Hall–Kier alpha value is -3.01. The number of aryl methyl sites for hydroxylation is 2. The van der Waals surface area contributed by atoms with E-state index in [0.29, 0.717) is 12.2 Å². The molecule has 2 aliphatic heterocycles. The molecule has 5 rings (SSSR count). The standard InChI is InChI=1S/C23H22ClF3N6O/c1-11-4-5-13-10-15-18(16-7-9-29-32(16)3)30-12(2)31-19(15)20(11)33(13)22(34)14-6-8-28-21(17(14)24)23(25,26)27/h6-9,11,13,20H,4-5,10H2,1-3H3/t11-,13+,20-/m1/s1. The van der Waals surface area contributed by atoms with Crippen molar-refractivity contribution in [2.24, 2.45) is 13.0 Å². The molecule has 1 saturated heterocycles. The van der Waals surface area contributed by atoms with Gasteiger partial charge >= 0.3 is 6.18 Å². The third-order valence-corrected chi connectivity index (χ3v) is 7.13. The van der Waals surface area contributed by atoms with Gasteiger partial charge in [0.25, 0.3) is 5.91 Å². The summed E-state index contributed by atoms with van der Waals surface area (Å²) in [5.41, 5.74) is 1.86. The predicted molar refractivity (Wildman–Crippen MR) is 118 cm³/mol. The number of pyridine rings is 1. The first-order valence-corrected chi connectivity index (χ1v) is 11.4. The Morgan fingerprint density at radius 2 is 1.94 bits per heavy atom. The first kappa shape index (κ1) is 22.8. The molecule has 3 aromatic heterocycles. The molecule has 0 radical (unpaired) electrons. The van der Waals surface area contributed by atoms with Gasteiger partial charge in [-0.05, 0) is 44.2 Å². The second-order valence-corrected chi connectivity index (χ2v) is 9.29. The van der Waals surface area contributed by atoms with E-state index in [1.54, 1.807) is 22.7 Å². The second kappa shape index (κ2) is 8.04. The molecule has 0 unspecified atom stereocenters. The highest BCUT2D eigenvalue weighted by Gasteiger charge is 2.47. The summed E-state index contributed by atoms with van der Waals surface area (Å²) in [6, 6.07) is 2.52. The molecule has 34 heavy (non-hydrogen) atoms. The van der Waals surface area contributed by atoms with Gasteiger partial charge in [0, 0.05) is 31.0 Å². The van der Waals surface area contributed by atoms with Gasteiger partial charge in [-0.3, -0.25) is 14.5 Å². The summed E-state index contributed by atoms with van der Waals surface area (Å²) in [5.74, 6) is 0.0685. The van der Waals surface area contributed by atoms with E-state index in [1.807, 2.05) is 20.0 Å². The zero-order valence-corrected chi connectivity index (χ0v) is 19.5. The number of rotatable bonds is 2. The van der Waals surface area contributed by atoms with Crippen LogP contribution in [0.4, 0.5) is 13.2 Å². The van der Waals surface area contributed by atoms with Gasteiger partial charge in [0.05, 0.1) is 33.7 Å². The maximum Gasteiger partial charge on any atom is 0.434 e. The first-order valence-electron chi connectivity index (χ1n) is 11.0. The van der Waals surface area contributed by atoms with Crippen molar-refractivity contribution < 1.29 is 18.0 Å². The zero-order chi connectivity index (χ0) is 24.4. The molecule has 0 aliphatic carbocycles. The summed E-state index contributed by atoms with van der Waals surface area (Å²) in [6.45, 7) is 3.83. The van der Waals surface area contributed by atoms with Crippen LogP contribution in [0.25, 0.3) is 11.4 Å². The fourth-order valence-electron chi connectivity index (χ4n) is 5.21. The molecule has 3 atom stereocenters. The topological polar surface area (TPSA) is 76.8 Å². The van der Waals surface area contributed by atoms with Crippen molar-refractivity contribution in [1.29, 1.82) is 0 Å². The lowest BCUT2D eigenvalue weighted by Gasteiger charge is -2.49. The van der Waals surface area contributed by atoms with Crippen molar-refractivity contribution in [3.63, 3.8) is 0 Å². The minimum atomic E-state index is -4.76. The van der Waals surface area contributed by atoms with Gasteiger partial charge in [-0.2, -0.15) is 18.3 Å². The predicted octanol–water partition coefficient (Wildman–Crippen LogP) is 4.79. The normalized spacial score (nSPS) is 22.0. The number of carbonyl (C=O) groups is 1. The number of nitrogens with zero attached hydrogens (tertiary/aromatic N) is 6. The van der Waals surface area contributed by atoms with Crippen molar-refractivity contribution in [2.75, 3.05) is 0 Å². The molecule has 7 nitrogen and oxygen atoms in total. The van der Waals surface area contributed by atoms with Gasteiger partial charge in [-0.15, -0.1) is 0 Å². The summed E-state index contributed by atoms with van der Waals surface area (Å²) < 4.78 is 41.9. The lowest BCUT2D eigenvalue weighted by atomic mass is 9.76. The van der Waals surface area contributed by atoms with Gasteiger partial charge in [-0.1, -0.05) is 18.5 Å². The van der Waals surface area contributed by atoms with Crippen molar-refractivity contribution in [3.05, 3.63) is 57.9 Å². The number of alkyl halides is 3. The molecule has 2 bridgehead atoms. The summed E-state index contributed by atoms with van der Waals surface area (Å²) in [6.07, 6.45) is 0.0149. The summed E-state index contributed by atoms with van der Waals surface area (Å²) in [7, 11) is 1.84. The van der Waals surface area contributed by atoms with E-state index in [9.17, 15) is 18.0 Å². The third-order valence-electron chi connectivity index (χ3n) is 6.74. The average Bonchev–Trinajstić information content (AvgIpc) is 3.20. The van der Waals surface area contributed by atoms with Crippen molar-refractivity contribution >= 4 is 17.5 Å². The number of hydrogen-bond acceptors (Lipinski definition) is 5. The number of halogens is 4. The molecule has 3 aromatic rings. The number of piperidine rings is 1. The van der Waals surface area contributed by atoms with Crippen molar-refractivity contribution in [2.45, 2.75) is 51.4 Å². The number of hydrogen-bond donors (Lipinski definition) is 0. The molecule has 0 aromatic carbocycles. The van der Waals surface area contributed by atoms with E-state index < -0.39 is 28.8 Å². The van der Waals surface area contributed by atoms with Crippen LogP contribution in [0.1, 0.15) is 58.9 Å². The minimum Gasteiger partial charge on any atom is -0.326 e. The largest absolute Gasteiger partial charge is 0.434 e. The van der Waals surface area contributed by atoms with Crippen LogP contribution in [-0.4, -0.2) is 41.6 Å². The van der Waals surface area contributed by atoms with Gasteiger partial charge < -0.3 is 4.90 Å². The molecule has 0 N–H and O–H groups in total. The highest BCUT2D eigenvalue weighted by Crippen LogP contribution is 2.47. The van der Waals surface area contributed by atoms with E-state index in [4.69, 9.17) is 21.6 Å². The SMILES string of the molecule is Cc1nc(-c2ccnn2C)c2c(n1)[C@H]1[C@H](C)CC[C@@H](C2)N1C(=O)c1ccnc(C(F)(F)F)c1Cl. The Kier molecular flexibility index (Phi) is 5.38. The smallest absolute Gasteiger partial charge is 0.326 e. The molecular weight excluding hydrogens is 469 g/mol. The van der Waals surface area contributed by atoms with Crippen LogP contribution >= 0.6 is 11.6 Å². The van der Waals surface area contributed by atoms with Crippen LogP contribution < -0.4 is 0 Å². The lowest BCUT2D eigenvalue weighted by molar-refractivity contribution is -0.141. The van der Waals surface area contributed by atoms with E-state index >= 15 is 0 Å². The van der Waals surface area contributed by atoms with Gasteiger partial charge in [0.1, 0.15) is 5.82 Å². The molecule has 0 spiro atoms. The Morgan fingerprint density at radius 3 is 2.62 bits per heavy atom. The van der Waals surface area contributed by atoms with Crippen molar-refractivity contribution in [3.8, 4) is 11.4 Å². The van der Waals surface area contributed by atoms with E-state index in [1.165, 1.54) is 6.07 Å². The van der Waals surface area contributed by atoms with E-state index in [2.05, 4.69) is 10.1 Å². The highest BCUT2D eigenvalue weighted by molar-refractivity contribution is 6.34. The average molecular weight is 491 g/mol. The Labute approximate surface area is 199 Å². The fourth-order valence-corrected chi connectivity index (χ4v) is 5.51. The monoisotopic (exact) mass is 490 g/mol. The quantitative estimate of drug-likeness (QED) is 0.516. The summed E-state index contributed by atoms with van der Waals surface area (Å²) in [4.78, 5) is 28.2. The maximum absolute atomic E-state index is 13.7. The summed E-state index contributed by atoms with van der Waals surface area (Å²) in [5, 5.41) is 3.58. The Morgan fingerprint density at radius 1 is 1.18 bits per heavy atom. The van der Waals surface area contributed by atoms with Crippen LogP contribution in [0.3, 0.4) is 0 Å². The van der Waals surface area contributed by atoms with E-state index in [0.717, 1.165) is 41.7 Å². The Bertz CT molecular complexity index is 1290. The zero-order valence-electron chi connectivity index (χ0n) is 18.8. The van der Waals surface area contributed by atoms with E-state index in [-0.39, 0.29) is 17.5 Å². The molecule has 1 amide bonds. The number of carbonyl (C=O) groups excluding carboxylic acids is 1. The fraction of sp³-hybridized carbons (Fsp3) is 0.435. The van der Waals surface area contributed by atoms with Gasteiger partial charge in [0.15, 0.2) is 5.69 Å². The maximum atomic E-state index is 13.7.